The molecule has 0 fully saturated rings. The van der Waals surface area contributed by atoms with E-state index in [9.17, 15) is 4.79 Å². The standard InChI is InChI=1S/C13H21N3OS/c1-16(9-10-18-2)8-7-13(17)15-12-5-3-11(14)4-6-12/h3-6H,7-10,14H2,1-2H3,(H,15,17). The lowest BCUT2D eigenvalue weighted by molar-refractivity contribution is -0.116. The molecule has 0 heterocycles. The molecule has 3 N–H and O–H groups in total. The van der Waals surface area contributed by atoms with Gasteiger partial charge in [-0.05, 0) is 37.6 Å². The molecule has 1 rings (SSSR count). The quantitative estimate of drug-likeness (QED) is 0.741. The molecule has 0 bridgehead atoms. The number of thioether (sulfide) groups is 1. The molecule has 1 aromatic rings. The van der Waals surface area contributed by atoms with Crippen molar-refractivity contribution in [1.29, 1.82) is 0 Å². The first-order chi connectivity index (χ1) is 8.61. The Morgan fingerprint density at radius 3 is 2.61 bits per heavy atom. The van der Waals surface area contributed by atoms with Crippen LogP contribution in [0, 0.1) is 0 Å². The van der Waals surface area contributed by atoms with E-state index >= 15 is 0 Å². The number of nitrogens with zero attached hydrogens (tertiary/aromatic N) is 1. The van der Waals surface area contributed by atoms with Gasteiger partial charge in [0.05, 0.1) is 0 Å². The maximum atomic E-state index is 11.7. The van der Waals surface area contributed by atoms with Crippen LogP contribution in [0.1, 0.15) is 6.42 Å². The zero-order valence-corrected chi connectivity index (χ0v) is 11.8. The largest absolute Gasteiger partial charge is 0.399 e. The first-order valence-electron chi connectivity index (χ1n) is 5.94. The highest BCUT2D eigenvalue weighted by atomic mass is 32.2. The van der Waals surface area contributed by atoms with Crippen LogP contribution < -0.4 is 11.1 Å². The van der Waals surface area contributed by atoms with Crippen molar-refractivity contribution in [3.05, 3.63) is 24.3 Å². The molecule has 1 aromatic carbocycles. The molecule has 1 amide bonds. The summed E-state index contributed by atoms with van der Waals surface area (Å²) in [5.41, 5.74) is 7.07. The van der Waals surface area contributed by atoms with Gasteiger partial charge >= 0.3 is 0 Å². The Hall–Kier alpha value is -1.20. The number of hydrogen-bond donors (Lipinski definition) is 2. The molecule has 0 saturated heterocycles. The van der Waals surface area contributed by atoms with Gasteiger partial charge in [-0.3, -0.25) is 4.79 Å². The topological polar surface area (TPSA) is 58.4 Å². The second-order valence-corrected chi connectivity index (χ2v) is 5.20. The van der Waals surface area contributed by atoms with Gasteiger partial charge in [0, 0.05) is 36.6 Å². The number of nitrogens with one attached hydrogen (secondary N) is 1. The van der Waals surface area contributed by atoms with Crippen molar-refractivity contribution in [3.63, 3.8) is 0 Å². The number of carbonyl (C=O) groups is 1. The van der Waals surface area contributed by atoms with Crippen molar-refractivity contribution < 1.29 is 4.79 Å². The highest BCUT2D eigenvalue weighted by molar-refractivity contribution is 7.98. The molecule has 0 aliphatic heterocycles. The Labute approximate surface area is 113 Å². The number of nitrogens with two attached hydrogens (primary N) is 1. The van der Waals surface area contributed by atoms with Crippen LogP contribution >= 0.6 is 11.8 Å². The minimum atomic E-state index is 0.0378. The van der Waals surface area contributed by atoms with Crippen LogP contribution in [0.4, 0.5) is 11.4 Å². The smallest absolute Gasteiger partial charge is 0.225 e. The summed E-state index contributed by atoms with van der Waals surface area (Å²) in [6, 6.07) is 7.18. The van der Waals surface area contributed by atoms with E-state index < -0.39 is 0 Å². The van der Waals surface area contributed by atoms with Gasteiger partial charge in [0.1, 0.15) is 0 Å². The molecule has 0 atom stereocenters. The Morgan fingerprint density at radius 1 is 1.33 bits per heavy atom. The molecule has 18 heavy (non-hydrogen) atoms. The average Bonchev–Trinajstić information content (AvgIpc) is 2.36. The molecule has 0 unspecified atom stereocenters. The van der Waals surface area contributed by atoms with Crippen LogP contribution in [-0.2, 0) is 4.79 Å². The molecule has 0 radical (unpaired) electrons. The van der Waals surface area contributed by atoms with Crippen molar-refractivity contribution in [3.8, 4) is 0 Å². The minimum Gasteiger partial charge on any atom is -0.399 e. The second kappa shape index (κ2) is 8.00. The zero-order valence-electron chi connectivity index (χ0n) is 11.0. The summed E-state index contributed by atoms with van der Waals surface area (Å²) >= 11 is 1.81. The number of anilines is 2. The first-order valence-corrected chi connectivity index (χ1v) is 7.34. The first kappa shape index (κ1) is 14.9. The molecular weight excluding hydrogens is 246 g/mol. The summed E-state index contributed by atoms with van der Waals surface area (Å²) in [5.74, 6) is 1.13. The zero-order chi connectivity index (χ0) is 13.4. The minimum absolute atomic E-state index is 0.0378. The van der Waals surface area contributed by atoms with Crippen LogP contribution in [0.2, 0.25) is 0 Å². The van der Waals surface area contributed by atoms with E-state index in [0.29, 0.717) is 12.1 Å². The lowest BCUT2D eigenvalue weighted by atomic mass is 10.2. The molecule has 0 aromatic heterocycles. The van der Waals surface area contributed by atoms with Gasteiger partial charge in [-0.25, -0.2) is 0 Å². The summed E-state index contributed by atoms with van der Waals surface area (Å²) in [5, 5.41) is 2.85. The highest BCUT2D eigenvalue weighted by Gasteiger charge is 2.04. The molecule has 0 aliphatic rings. The third-order valence-electron chi connectivity index (χ3n) is 2.59. The molecular formula is C13H21N3OS. The third-order valence-corrected chi connectivity index (χ3v) is 3.18. The van der Waals surface area contributed by atoms with Gasteiger partial charge in [-0.15, -0.1) is 0 Å². The molecule has 0 spiro atoms. The van der Waals surface area contributed by atoms with Crippen molar-refractivity contribution in [2.24, 2.45) is 0 Å². The van der Waals surface area contributed by atoms with Crippen molar-refractivity contribution in [2.45, 2.75) is 6.42 Å². The predicted molar refractivity (Wildman–Crippen MR) is 80.0 cm³/mol. The molecule has 5 heteroatoms. The van der Waals surface area contributed by atoms with Crippen LogP contribution in [0.5, 0.6) is 0 Å². The molecule has 0 saturated carbocycles. The lowest BCUT2D eigenvalue weighted by Crippen LogP contribution is -2.26. The molecule has 0 aliphatic carbocycles. The van der Waals surface area contributed by atoms with E-state index in [1.54, 1.807) is 12.1 Å². The number of amides is 1. The maximum absolute atomic E-state index is 11.7. The van der Waals surface area contributed by atoms with Crippen molar-refractivity contribution in [1.82, 2.24) is 4.90 Å². The molecule has 100 valence electrons. The van der Waals surface area contributed by atoms with Gasteiger partial charge in [-0.2, -0.15) is 11.8 Å². The highest BCUT2D eigenvalue weighted by Crippen LogP contribution is 2.10. The van der Waals surface area contributed by atoms with E-state index in [2.05, 4.69) is 16.5 Å². The Kier molecular flexibility index (Phi) is 6.60. The van der Waals surface area contributed by atoms with Gasteiger partial charge < -0.3 is 16.0 Å². The Bertz CT molecular complexity index is 367. The fraction of sp³-hybridized carbons (Fsp3) is 0.462. The number of rotatable bonds is 7. The van der Waals surface area contributed by atoms with Crippen LogP contribution in [0.3, 0.4) is 0 Å². The summed E-state index contributed by atoms with van der Waals surface area (Å²) in [6.07, 6.45) is 2.59. The van der Waals surface area contributed by atoms with Gasteiger partial charge in [-0.1, -0.05) is 0 Å². The van der Waals surface area contributed by atoms with Gasteiger partial charge in [0.2, 0.25) is 5.91 Å². The molecule has 4 nitrogen and oxygen atoms in total. The predicted octanol–water partition coefficient (Wildman–Crippen LogP) is 1.89. The van der Waals surface area contributed by atoms with E-state index in [-0.39, 0.29) is 5.91 Å². The summed E-state index contributed by atoms with van der Waals surface area (Å²) in [6.45, 7) is 1.79. The number of benzene rings is 1. The van der Waals surface area contributed by atoms with Crippen molar-refractivity contribution >= 4 is 29.0 Å². The Morgan fingerprint density at radius 2 is 2.00 bits per heavy atom. The number of carbonyl (C=O) groups excluding carboxylic acids is 1. The van der Waals surface area contributed by atoms with E-state index in [0.717, 1.165) is 24.5 Å². The van der Waals surface area contributed by atoms with E-state index in [1.165, 1.54) is 0 Å². The maximum Gasteiger partial charge on any atom is 0.225 e. The van der Waals surface area contributed by atoms with Crippen molar-refractivity contribution in [2.75, 3.05) is 43.2 Å². The normalized spacial score (nSPS) is 10.6. The third kappa shape index (κ3) is 5.93. The lowest BCUT2D eigenvalue weighted by Gasteiger charge is -2.15. The monoisotopic (exact) mass is 267 g/mol. The van der Waals surface area contributed by atoms with Gasteiger partial charge in [0.15, 0.2) is 0 Å². The summed E-state index contributed by atoms with van der Waals surface area (Å²) in [4.78, 5) is 13.9. The van der Waals surface area contributed by atoms with E-state index in [4.69, 9.17) is 5.73 Å². The number of nitrogen functional groups attached to an aromatic ring is 1. The summed E-state index contributed by atoms with van der Waals surface area (Å²) < 4.78 is 0. The average molecular weight is 267 g/mol. The van der Waals surface area contributed by atoms with Gasteiger partial charge in [0.25, 0.3) is 0 Å². The second-order valence-electron chi connectivity index (χ2n) is 4.22. The summed E-state index contributed by atoms with van der Waals surface area (Å²) in [7, 11) is 2.03. The van der Waals surface area contributed by atoms with E-state index in [1.807, 2.05) is 30.9 Å². The fourth-order valence-electron chi connectivity index (χ4n) is 1.44. The SMILES string of the molecule is CSCCN(C)CCC(=O)Nc1ccc(N)cc1. The van der Waals surface area contributed by atoms with Crippen LogP contribution in [-0.4, -0.2) is 43.0 Å². The van der Waals surface area contributed by atoms with Crippen LogP contribution in [0.25, 0.3) is 0 Å². The fourth-order valence-corrected chi connectivity index (χ4v) is 1.94. The van der Waals surface area contributed by atoms with Crippen LogP contribution in [0.15, 0.2) is 24.3 Å². The Balaban J connectivity index is 2.27. The number of hydrogen-bond acceptors (Lipinski definition) is 4.